The molecule has 0 saturated heterocycles. The molecule has 0 N–H and O–H groups in total. The van der Waals surface area contributed by atoms with E-state index in [1.807, 2.05) is 0 Å². The Morgan fingerprint density at radius 2 is 0.690 bits per heavy atom. The van der Waals surface area contributed by atoms with Crippen LogP contribution in [0.4, 0.5) is 0 Å². The van der Waals surface area contributed by atoms with Gasteiger partial charge >= 0.3 is 11.9 Å². The van der Waals surface area contributed by atoms with Gasteiger partial charge in [-0.2, -0.15) is 0 Å². The number of unbranched alkanes of at least 4 members (excludes halogenated alkanes) is 22. The minimum atomic E-state index is -0.800. The molecule has 0 aromatic heterocycles. The second-order valence-corrected chi connectivity index (χ2v) is 12.2. The first-order valence-corrected chi connectivity index (χ1v) is 18.3. The standard InChI is InChI=1S/C38H70O4/c1-4-6-8-10-12-14-16-18-20-22-24-26-28-30-32-34-37(39)41-36(3)42-38(40)35-33-31-29-27-25-23-21-19-17-15-13-11-9-7-5-2/h20,22-23,25,36H,4-19,21,24,26-35H2,1-3H3/b22-20+,25-23+. The van der Waals surface area contributed by atoms with E-state index in [9.17, 15) is 9.59 Å². The lowest BCUT2D eigenvalue weighted by Crippen LogP contribution is -2.21. The van der Waals surface area contributed by atoms with E-state index in [2.05, 4.69) is 38.2 Å². The van der Waals surface area contributed by atoms with Gasteiger partial charge in [0.15, 0.2) is 0 Å². The van der Waals surface area contributed by atoms with Crippen LogP contribution in [0.15, 0.2) is 24.3 Å². The SMILES string of the molecule is CCCCCCCCC/C=C/CCCCCCC(=O)OC(C)OC(=O)CCCCC/C=C/CCCCCCCCCC. The molecule has 0 saturated carbocycles. The van der Waals surface area contributed by atoms with E-state index in [1.54, 1.807) is 6.92 Å². The lowest BCUT2D eigenvalue weighted by atomic mass is 10.1. The zero-order valence-corrected chi connectivity index (χ0v) is 28.3. The predicted octanol–water partition coefficient (Wildman–Crippen LogP) is 12.5. The monoisotopic (exact) mass is 591 g/mol. The first-order valence-electron chi connectivity index (χ1n) is 18.3. The Labute approximate surface area is 261 Å². The van der Waals surface area contributed by atoms with Gasteiger partial charge in [-0.05, 0) is 64.2 Å². The lowest BCUT2D eigenvalue weighted by Gasteiger charge is -2.14. The molecule has 0 heterocycles. The van der Waals surface area contributed by atoms with Crippen molar-refractivity contribution in [1.29, 1.82) is 0 Å². The molecule has 4 nitrogen and oxygen atoms in total. The Bertz CT molecular complexity index is 639. The highest BCUT2D eigenvalue weighted by atomic mass is 16.7. The van der Waals surface area contributed by atoms with Crippen LogP contribution in [0, 0.1) is 0 Å². The van der Waals surface area contributed by atoms with Crippen LogP contribution in [0.1, 0.15) is 201 Å². The molecule has 0 spiro atoms. The summed E-state index contributed by atoms with van der Waals surface area (Å²) in [6.45, 7) is 6.16. The van der Waals surface area contributed by atoms with E-state index >= 15 is 0 Å². The Morgan fingerprint density at radius 1 is 0.429 bits per heavy atom. The highest BCUT2D eigenvalue weighted by Gasteiger charge is 2.13. The number of carbonyl (C=O) groups excluding carboxylic acids is 2. The minimum absolute atomic E-state index is 0.274. The fraction of sp³-hybridized carbons (Fsp3) is 0.842. The molecule has 1 unspecified atom stereocenters. The quantitative estimate of drug-likeness (QED) is 0.0338. The first kappa shape index (κ1) is 40.4. The molecule has 1 atom stereocenters. The molecule has 0 aliphatic heterocycles. The summed E-state index contributed by atoms with van der Waals surface area (Å²) < 4.78 is 10.5. The third-order valence-corrected chi connectivity index (χ3v) is 7.88. The van der Waals surface area contributed by atoms with E-state index in [1.165, 1.54) is 116 Å². The van der Waals surface area contributed by atoms with Crippen molar-refractivity contribution in [1.82, 2.24) is 0 Å². The van der Waals surface area contributed by atoms with Gasteiger partial charge in [-0.25, -0.2) is 0 Å². The highest BCUT2D eigenvalue weighted by molar-refractivity contribution is 5.71. The van der Waals surface area contributed by atoms with Gasteiger partial charge in [0.2, 0.25) is 6.29 Å². The molecule has 0 aromatic rings. The largest absolute Gasteiger partial charge is 0.425 e. The van der Waals surface area contributed by atoms with Crippen molar-refractivity contribution in [3.8, 4) is 0 Å². The number of rotatable bonds is 32. The zero-order chi connectivity index (χ0) is 30.8. The minimum Gasteiger partial charge on any atom is -0.425 e. The van der Waals surface area contributed by atoms with Crippen molar-refractivity contribution in [2.45, 2.75) is 207 Å². The zero-order valence-electron chi connectivity index (χ0n) is 28.3. The van der Waals surface area contributed by atoms with Gasteiger partial charge in [0.1, 0.15) is 0 Å². The highest BCUT2D eigenvalue weighted by Crippen LogP contribution is 2.13. The first-order chi connectivity index (χ1) is 20.6. The normalized spacial score (nSPS) is 12.4. The molecular formula is C38H70O4. The number of hydrogen-bond acceptors (Lipinski definition) is 4. The van der Waals surface area contributed by atoms with Gasteiger partial charge in [-0.3, -0.25) is 9.59 Å². The van der Waals surface area contributed by atoms with E-state index in [-0.39, 0.29) is 11.9 Å². The van der Waals surface area contributed by atoms with Crippen molar-refractivity contribution >= 4 is 11.9 Å². The number of allylic oxidation sites excluding steroid dienone is 4. The third-order valence-electron chi connectivity index (χ3n) is 7.88. The third kappa shape index (κ3) is 32.9. The van der Waals surface area contributed by atoms with Gasteiger partial charge < -0.3 is 9.47 Å². The number of esters is 2. The topological polar surface area (TPSA) is 52.6 Å². The average molecular weight is 591 g/mol. The Hall–Kier alpha value is -1.58. The van der Waals surface area contributed by atoms with E-state index in [0.717, 1.165) is 51.4 Å². The maximum atomic E-state index is 12.0. The van der Waals surface area contributed by atoms with E-state index in [0.29, 0.717) is 12.8 Å². The molecular weight excluding hydrogens is 520 g/mol. The summed E-state index contributed by atoms with van der Waals surface area (Å²) in [6.07, 6.45) is 41.4. The fourth-order valence-electron chi connectivity index (χ4n) is 5.19. The maximum absolute atomic E-state index is 12.0. The van der Waals surface area contributed by atoms with E-state index < -0.39 is 6.29 Å². The van der Waals surface area contributed by atoms with Crippen LogP contribution in [0.2, 0.25) is 0 Å². The smallest absolute Gasteiger partial charge is 0.308 e. The molecule has 42 heavy (non-hydrogen) atoms. The van der Waals surface area contributed by atoms with Crippen LogP contribution < -0.4 is 0 Å². The van der Waals surface area contributed by atoms with Gasteiger partial charge in [0, 0.05) is 19.8 Å². The van der Waals surface area contributed by atoms with Gasteiger partial charge in [0.05, 0.1) is 0 Å². The van der Waals surface area contributed by atoms with Crippen LogP contribution in [0.5, 0.6) is 0 Å². The number of carbonyl (C=O) groups is 2. The summed E-state index contributed by atoms with van der Waals surface area (Å²) in [4.78, 5) is 24.1. The number of hydrogen-bond donors (Lipinski definition) is 0. The summed E-state index contributed by atoms with van der Waals surface area (Å²) >= 11 is 0. The fourth-order valence-corrected chi connectivity index (χ4v) is 5.19. The van der Waals surface area contributed by atoms with Crippen LogP contribution in [0.25, 0.3) is 0 Å². The second kappa shape index (κ2) is 33.9. The van der Waals surface area contributed by atoms with Crippen LogP contribution in [-0.2, 0) is 19.1 Å². The van der Waals surface area contributed by atoms with Crippen molar-refractivity contribution in [2.24, 2.45) is 0 Å². The van der Waals surface area contributed by atoms with Crippen molar-refractivity contribution in [3.63, 3.8) is 0 Å². The van der Waals surface area contributed by atoms with Crippen molar-refractivity contribution in [3.05, 3.63) is 24.3 Å². The molecule has 0 aliphatic carbocycles. The molecule has 0 rings (SSSR count). The summed E-state index contributed by atoms with van der Waals surface area (Å²) in [5.41, 5.74) is 0. The Kier molecular flexibility index (Phi) is 32.6. The molecule has 0 aromatic carbocycles. The van der Waals surface area contributed by atoms with Gasteiger partial charge in [-0.15, -0.1) is 0 Å². The molecule has 0 fully saturated rings. The summed E-state index contributed by atoms with van der Waals surface area (Å²) in [6, 6.07) is 0. The van der Waals surface area contributed by atoms with Gasteiger partial charge in [-0.1, -0.05) is 141 Å². The summed E-state index contributed by atoms with van der Waals surface area (Å²) in [7, 11) is 0. The molecule has 0 bridgehead atoms. The summed E-state index contributed by atoms with van der Waals surface area (Å²) in [5, 5.41) is 0. The predicted molar refractivity (Wildman–Crippen MR) is 181 cm³/mol. The lowest BCUT2D eigenvalue weighted by molar-refractivity contribution is -0.184. The van der Waals surface area contributed by atoms with Crippen LogP contribution >= 0.6 is 0 Å². The molecule has 0 amide bonds. The molecule has 0 aliphatic rings. The Balaban J connectivity index is 3.49. The van der Waals surface area contributed by atoms with E-state index in [4.69, 9.17) is 9.47 Å². The average Bonchev–Trinajstić information content (AvgIpc) is 2.97. The molecule has 246 valence electrons. The summed E-state index contributed by atoms with van der Waals surface area (Å²) in [5.74, 6) is -0.552. The van der Waals surface area contributed by atoms with Crippen LogP contribution in [-0.4, -0.2) is 18.2 Å². The maximum Gasteiger partial charge on any atom is 0.308 e. The van der Waals surface area contributed by atoms with Crippen LogP contribution in [0.3, 0.4) is 0 Å². The second-order valence-electron chi connectivity index (χ2n) is 12.2. The van der Waals surface area contributed by atoms with Crippen molar-refractivity contribution < 1.29 is 19.1 Å². The van der Waals surface area contributed by atoms with Crippen molar-refractivity contribution in [2.75, 3.05) is 0 Å². The Morgan fingerprint density at radius 3 is 1.02 bits per heavy atom. The number of ether oxygens (including phenoxy) is 2. The molecule has 0 radical (unpaired) electrons. The molecule has 4 heteroatoms. The van der Waals surface area contributed by atoms with Gasteiger partial charge in [0.25, 0.3) is 0 Å².